The minimum absolute atomic E-state index is 0.0723. The van der Waals surface area contributed by atoms with Crippen molar-refractivity contribution in [1.29, 1.82) is 0 Å². The molecule has 0 amide bonds. The van der Waals surface area contributed by atoms with Crippen LogP contribution in [-0.2, 0) is 65.4 Å². The number of phosphoric acid groups is 2. The highest BCUT2D eigenvalue weighted by Gasteiger charge is 2.30. The SMILES string of the molecule is CC/C=C\C/C=C\C/C=C\C/C=C\C/C=C\CCCCCC(=O)OCC(COP(=O)(O)OCC(O)COP(=O)(O)OCC(COC(=O)CCCC/C=C\C/C=C\C/C=C\C/C=C\CC)OC(=O)CCCCCCC/C=C\CCCCCC)OC(=O)CCCCCCC/C=C\CCCC. The van der Waals surface area contributed by atoms with Gasteiger partial charge in [-0.1, -0.05) is 238 Å². The van der Waals surface area contributed by atoms with Gasteiger partial charge in [0.1, 0.15) is 19.3 Å². The second kappa shape index (κ2) is 70.6. The monoisotopic (exact) mass is 1410 g/mol. The molecule has 98 heavy (non-hydrogen) atoms. The molecule has 0 radical (unpaired) electrons. The van der Waals surface area contributed by atoms with Crippen molar-refractivity contribution in [3.63, 3.8) is 0 Å². The van der Waals surface area contributed by atoms with Crippen molar-refractivity contribution in [2.45, 2.75) is 303 Å². The van der Waals surface area contributed by atoms with Crippen molar-refractivity contribution < 1.29 is 80.2 Å². The first-order valence-electron chi connectivity index (χ1n) is 37.4. The van der Waals surface area contributed by atoms with Crippen LogP contribution in [0, 0.1) is 0 Å². The van der Waals surface area contributed by atoms with Crippen molar-refractivity contribution in [1.82, 2.24) is 0 Å². The number of hydrogen-bond donors (Lipinski definition) is 3. The Bertz CT molecular complexity index is 2380. The molecule has 0 saturated heterocycles. The predicted molar refractivity (Wildman–Crippen MR) is 399 cm³/mol. The van der Waals surface area contributed by atoms with Gasteiger partial charge in [0.15, 0.2) is 12.2 Å². The minimum atomic E-state index is -4.99. The second-order valence-electron chi connectivity index (χ2n) is 24.5. The van der Waals surface area contributed by atoms with Crippen LogP contribution in [-0.4, -0.2) is 96.7 Å². The Morgan fingerprint density at radius 2 is 0.541 bits per heavy atom. The van der Waals surface area contributed by atoms with Crippen LogP contribution >= 0.6 is 15.6 Å². The number of esters is 4. The van der Waals surface area contributed by atoms with Crippen LogP contribution in [0.15, 0.2) is 134 Å². The summed E-state index contributed by atoms with van der Waals surface area (Å²) in [6, 6.07) is 0. The van der Waals surface area contributed by atoms with E-state index in [0.29, 0.717) is 25.7 Å². The average molecular weight is 1420 g/mol. The lowest BCUT2D eigenvalue weighted by Gasteiger charge is -2.21. The highest BCUT2D eigenvalue weighted by molar-refractivity contribution is 7.47. The third kappa shape index (κ3) is 69.7. The van der Waals surface area contributed by atoms with E-state index >= 15 is 0 Å². The van der Waals surface area contributed by atoms with Gasteiger partial charge in [-0.2, -0.15) is 0 Å². The zero-order valence-electron chi connectivity index (χ0n) is 60.9. The molecule has 3 N–H and O–H groups in total. The van der Waals surface area contributed by atoms with Gasteiger partial charge in [-0.15, -0.1) is 0 Å². The van der Waals surface area contributed by atoms with Crippen molar-refractivity contribution >= 4 is 39.5 Å². The summed E-state index contributed by atoms with van der Waals surface area (Å²) in [5.74, 6) is -2.28. The van der Waals surface area contributed by atoms with Gasteiger partial charge in [0.25, 0.3) is 0 Å². The summed E-state index contributed by atoms with van der Waals surface area (Å²) >= 11 is 0. The van der Waals surface area contributed by atoms with E-state index in [1.165, 1.54) is 38.5 Å². The number of allylic oxidation sites excluding steroid dienone is 22. The third-order valence-electron chi connectivity index (χ3n) is 15.1. The van der Waals surface area contributed by atoms with E-state index in [-0.39, 0.29) is 25.7 Å². The molecule has 0 bridgehead atoms. The van der Waals surface area contributed by atoms with E-state index in [4.69, 9.17) is 37.0 Å². The van der Waals surface area contributed by atoms with Gasteiger partial charge in [0.2, 0.25) is 0 Å². The Morgan fingerprint density at radius 3 is 0.888 bits per heavy atom. The molecule has 0 aromatic carbocycles. The molecule has 0 saturated carbocycles. The van der Waals surface area contributed by atoms with Crippen molar-refractivity contribution in [3.8, 4) is 0 Å². The van der Waals surface area contributed by atoms with E-state index < -0.39 is 97.5 Å². The second-order valence-corrected chi connectivity index (χ2v) is 27.4. The molecule has 0 spiro atoms. The van der Waals surface area contributed by atoms with Gasteiger partial charge in [-0.05, 0) is 154 Å². The van der Waals surface area contributed by atoms with Crippen LogP contribution < -0.4 is 0 Å². The van der Waals surface area contributed by atoms with Gasteiger partial charge in [-0.25, -0.2) is 9.13 Å². The third-order valence-corrected chi connectivity index (χ3v) is 17.0. The molecule has 560 valence electrons. The number of rotatable bonds is 69. The van der Waals surface area contributed by atoms with Crippen molar-refractivity contribution in [2.24, 2.45) is 0 Å². The highest BCUT2D eigenvalue weighted by Crippen LogP contribution is 2.45. The molecule has 0 aliphatic carbocycles. The van der Waals surface area contributed by atoms with Gasteiger partial charge in [0.05, 0.1) is 26.4 Å². The maximum Gasteiger partial charge on any atom is 0.472 e. The van der Waals surface area contributed by atoms with E-state index in [0.717, 1.165) is 167 Å². The fourth-order valence-corrected chi connectivity index (χ4v) is 11.0. The maximum absolute atomic E-state index is 13.1. The number of unbranched alkanes of at least 4 members (excludes halogenated alkanes) is 21. The molecule has 5 atom stereocenters. The normalized spacial score (nSPS) is 14.7. The highest BCUT2D eigenvalue weighted by atomic mass is 31.2. The number of carbonyl (C=O) groups is 4. The number of phosphoric ester groups is 2. The molecule has 0 aromatic heterocycles. The zero-order valence-corrected chi connectivity index (χ0v) is 62.7. The van der Waals surface area contributed by atoms with Crippen molar-refractivity contribution in [3.05, 3.63) is 134 Å². The summed E-state index contributed by atoms with van der Waals surface area (Å²) in [7, 11) is -9.97. The lowest BCUT2D eigenvalue weighted by atomic mass is 10.1. The van der Waals surface area contributed by atoms with Crippen LogP contribution in [0.25, 0.3) is 0 Å². The Labute approximate surface area is 593 Å². The topological polar surface area (TPSA) is 237 Å². The molecular weight excluding hydrogens is 1280 g/mol. The van der Waals surface area contributed by atoms with Gasteiger partial charge in [0, 0.05) is 25.7 Å². The molecule has 19 heteroatoms. The number of aliphatic hydroxyl groups excluding tert-OH is 1. The van der Waals surface area contributed by atoms with E-state index in [1.54, 1.807) is 0 Å². The quantitative estimate of drug-likeness (QED) is 0.0169. The first-order valence-corrected chi connectivity index (χ1v) is 40.4. The number of carbonyl (C=O) groups excluding carboxylic acids is 4. The average Bonchev–Trinajstić information content (AvgIpc) is 1.00. The summed E-state index contributed by atoms with van der Waals surface area (Å²) < 4.78 is 68.3. The molecular formula is C79H132O17P2. The van der Waals surface area contributed by atoms with Crippen LogP contribution in [0.3, 0.4) is 0 Å². The fraction of sp³-hybridized carbons (Fsp3) is 0.671. The van der Waals surface area contributed by atoms with E-state index in [1.807, 2.05) is 0 Å². The lowest BCUT2D eigenvalue weighted by molar-refractivity contribution is -0.161. The Kier molecular flexibility index (Phi) is 67.2. The van der Waals surface area contributed by atoms with E-state index in [2.05, 4.69) is 161 Å². The Morgan fingerprint density at radius 1 is 0.296 bits per heavy atom. The zero-order chi connectivity index (χ0) is 71.8. The molecule has 5 unspecified atom stereocenters. The first kappa shape index (κ1) is 93.2. The molecule has 0 aromatic rings. The maximum atomic E-state index is 13.1. The number of ether oxygens (including phenoxy) is 4. The van der Waals surface area contributed by atoms with E-state index in [9.17, 15) is 43.2 Å². The van der Waals surface area contributed by atoms with Gasteiger partial charge < -0.3 is 33.8 Å². The molecule has 0 rings (SSSR count). The van der Waals surface area contributed by atoms with Crippen molar-refractivity contribution in [2.75, 3.05) is 39.6 Å². The molecule has 0 aliphatic rings. The molecule has 0 heterocycles. The Balaban J connectivity index is 5.38. The summed E-state index contributed by atoms with van der Waals surface area (Å²) in [5.41, 5.74) is 0. The molecule has 17 nitrogen and oxygen atoms in total. The summed E-state index contributed by atoms with van der Waals surface area (Å²) in [6.45, 7) is 4.47. The fourth-order valence-electron chi connectivity index (χ4n) is 9.39. The Hall–Kier alpha value is -4.80. The standard InChI is InChI=1S/C79H132O17P2/c1-5-9-13-17-21-25-29-32-34-35-36-37-39-42-45-48-52-56-60-64-77(82)89-69-74(95-78(83)65-61-57-53-49-43-28-24-20-16-12-8-4)71-93-97(85,86)91-67-73(80)68-92-98(87,88)94-72-75(96-79(84)66-62-58-54-50-46-40-31-27-23-19-15-11-7-3)70-90-76(81)63-59-55-51-47-44-41-38-33-30-26-22-18-14-10-6-2/h9-10,13-14,20-22,24-27,31-34,36-38,42,44-45,47,73-75,80H,5-8,11-12,15-19,23,28-30,35,39-41,43,46,48-72H2,1-4H3,(H,85,86)(H,87,88)/b13-9-,14-10-,24-20-,25-21-,26-22-,31-27-,34-32-,37-36-,38-33-,45-42-,47-44-. The largest absolute Gasteiger partial charge is 0.472 e. The minimum Gasteiger partial charge on any atom is -0.462 e. The predicted octanol–water partition coefficient (Wildman–Crippen LogP) is 21.3. The first-order chi connectivity index (χ1) is 47.7. The van der Waals surface area contributed by atoms with Crippen LogP contribution in [0.2, 0.25) is 0 Å². The van der Waals surface area contributed by atoms with Gasteiger partial charge >= 0.3 is 39.5 Å². The summed E-state index contributed by atoms with van der Waals surface area (Å²) in [6.07, 6.45) is 77.5. The molecule has 0 fully saturated rings. The lowest BCUT2D eigenvalue weighted by Crippen LogP contribution is -2.30. The number of aliphatic hydroxyl groups is 1. The van der Waals surface area contributed by atoms with Crippen LogP contribution in [0.1, 0.15) is 285 Å². The molecule has 0 aliphatic heterocycles. The smallest absolute Gasteiger partial charge is 0.462 e. The number of hydrogen-bond acceptors (Lipinski definition) is 15. The van der Waals surface area contributed by atoms with Gasteiger partial charge in [-0.3, -0.25) is 37.3 Å². The van der Waals surface area contributed by atoms with Crippen LogP contribution in [0.5, 0.6) is 0 Å². The summed E-state index contributed by atoms with van der Waals surface area (Å²) in [5, 5.41) is 10.6. The van der Waals surface area contributed by atoms with Crippen LogP contribution in [0.4, 0.5) is 0 Å². The summed E-state index contributed by atoms with van der Waals surface area (Å²) in [4.78, 5) is 72.7.